The van der Waals surface area contributed by atoms with Crippen LogP contribution >= 0.6 is 0 Å². The number of alkyl halides is 3. The van der Waals surface area contributed by atoms with Crippen LogP contribution in [0, 0.1) is 18.7 Å². The molecule has 0 saturated carbocycles. The molecule has 180 valence electrons. The number of halogens is 4. The van der Waals surface area contributed by atoms with Crippen molar-refractivity contribution in [3.63, 3.8) is 0 Å². The molecule has 0 aliphatic carbocycles. The molecule has 4 rings (SSSR count). The fourth-order valence-electron chi connectivity index (χ4n) is 4.08. The number of piperidine rings is 1. The first-order valence-corrected chi connectivity index (χ1v) is 10.8. The van der Waals surface area contributed by atoms with Crippen molar-refractivity contribution in [1.29, 1.82) is 0 Å². The number of pyridine rings is 1. The number of hydrogen-bond donors (Lipinski definition) is 0. The molecule has 1 aromatic carbocycles. The Morgan fingerprint density at radius 3 is 2.56 bits per heavy atom. The number of aromatic nitrogens is 4. The number of nitrogens with zero attached hydrogens (tertiary/aromatic N) is 5. The van der Waals surface area contributed by atoms with E-state index in [1.54, 1.807) is 17.9 Å². The highest BCUT2D eigenvalue weighted by molar-refractivity contribution is 5.98. The lowest BCUT2D eigenvalue weighted by Gasteiger charge is -2.40. The predicted octanol–water partition coefficient (Wildman–Crippen LogP) is 4.45. The van der Waals surface area contributed by atoms with Gasteiger partial charge in [0.2, 0.25) is 5.88 Å². The van der Waals surface area contributed by atoms with Crippen molar-refractivity contribution in [1.82, 2.24) is 24.9 Å². The summed E-state index contributed by atoms with van der Waals surface area (Å²) in [5.41, 5.74) is -0.434. The second kappa shape index (κ2) is 9.40. The molecule has 0 N–H and O–H groups in total. The minimum Gasteiger partial charge on any atom is -0.475 e. The van der Waals surface area contributed by atoms with Gasteiger partial charge in [0.15, 0.2) is 5.82 Å². The quantitative estimate of drug-likeness (QED) is 0.508. The molecule has 2 aromatic heterocycles. The van der Waals surface area contributed by atoms with Crippen LogP contribution in [0.25, 0.3) is 5.69 Å². The van der Waals surface area contributed by atoms with Gasteiger partial charge in [0.05, 0.1) is 29.6 Å². The summed E-state index contributed by atoms with van der Waals surface area (Å²) in [6.45, 7) is 4.03. The number of aryl methyl sites for hydroxylation is 1. The third-order valence-electron chi connectivity index (χ3n) is 6.00. The van der Waals surface area contributed by atoms with Crippen LogP contribution in [0.5, 0.6) is 5.88 Å². The molecule has 11 heteroatoms. The molecule has 3 aromatic rings. The molecule has 7 nitrogen and oxygen atoms in total. The van der Waals surface area contributed by atoms with E-state index in [-0.39, 0.29) is 35.7 Å². The second-order valence-electron chi connectivity index (χ2n) is 8.29. The summed E-state index contributed by atoms with van der Waals surface area (Å²) in [6.07, 6.45) is 0.608. The van der Waals surface area contributed by atoms with Gasteiger partial charge in [-0.05, 0) is 43.4 Å². The molecule has 2 unspecified atom stereocenters. The van der Waals surface area contributed by atoms with Crippen LogP contribution < -0.4 is 4.74 Å². The van der Waals surface area contributed by atoms with Crippen molar-refractivity contribution in [3.8, 4) is 11.6 Å². The van der Waals surface area contributed by atoms with E-state index in [1.807, 2.05) is 6.92 Å². The summed E-state index contributed by atoms with van der Waals surface area (Å²) in [5, 5.41) is 7.99. The van der Waals surface area contributed by atoms with Gasteiger partial charge in [-0.2, -0.15) is 23.4 Å². The van der Waals surface area contributed by atoms with E-state index in [9.17, 15) is 18.0 Å². The summed E-state index contributed by atoms with van der Waals surface area (Å²) >= 11 is 0. The average molecular weight is 477 g/mol. The van der Waals surface area contributed by atoms with E-state index in [2.05, 4.69) is 15.2 Å². The van der Waals surface area contributed by atoms with Gasteiger partial charge in [-0.25, -0.2) is 9.37 Å². The molecule has 0 bridgehead atoms. The van der Waals surface area contributed by atoms with Crippen LogP contribution in [0.3, 0.4) is 0 Å². The maximum absolute atomic E-state index is 15.0. The van der Waals surface area contributed by atoms with E-state index >= 15 is 4.39 Å². The smallest absolute Gasteiger partial charge is 0.417 e. The van der Waals surface area contributed by atoms with Crippen molar-refractivity contribution in [2.24, 2.45) is 5.92 Å². The highest BCUT2D eigenvalue weighted by Crippen LogP contribution is 2.31. The van der Waals surface area contributed by atoms with Gasteiger partial charge < -0.3 is 9.64 Å². The first-order chi connectivity index (χ1) is 16.2. The Labute approximate surface area is 193 Å². The maximum Gasteiger partial charge on any atom is 0.417 e. The molecule has 1 amide bonds. The van der Waals surface area contributed by atoms with E-state index < -0.39 is 23.5 Å². The van der Waals surface area contributed by atoms with Gasteiger partial charge in [-0.3, -0.25) is 4.79 Å². The third-order valence-corrected chi connectivity index (χ3v) is 6.00. The van der Waals surface area contributed by atoms with E-state index in [0.717, 1.165) is 29.8 Å². The van der Waals surface area contributed by atoms with E-state index in [0.29, 0.717) is 18.3 Å². The molecule has 0 spiro atoms. The Hall–Kier alpha value is -3.50. The minimum atomic E-state index is -4.49. The third kappa shape index (κ3) is 4.73. The largest absolute Gasteiger partial charge is 0.475 e. The SMILES string of the molecule is Cc1ccc(C(=O)N2CCCC(C)C2COc2ccc(C(F)(F)F)cn2)c(-n2nccn2)c1F. The molecule has 1 fully saturated rings. The topological polar surface area (TPSA) is 73.1 Å². The van der Waals surface area contributed by atoms with E-state index in [4.69, 9.17) is 4.74 Å². The van der Waals surface area contributed by atoms with Gasteiger partial charge in [0, 0.05) is 18.8 Å². The normalized spacial score (nSPS) is 18.7. The molecule has 2 atom stereocenters. The molecule has 3 heterocycles. The van der Waals surface area contributed by atoms with Crippen molar-refractivity contribution in [2.75, 3.05) is 13.2 Å². The standard InChI is InChI=1S/C23H23F4N5O2/c1-14-4-3-11-31(18(14)13-34-19-8-6-16(12-28-19)23(25,26)27)22(33)17-7-5-15(2)20(24)21(17)32-29-9-10-30-32/h5-10,12,14,18H,3-4,11,13H2,1-2H3. The minimum absolute atomic E-state index is 0.0287. The zero-order valence-corrected chi connectivity index (χ0v) is 18.6. The Kier molecular flexibility index (Phi) is 6.54. The van der Waals surface area contributed by atoms with Crippen molar-refractivity contribution >= 4 is 5.91 Å². The average Bonchev–Trinajstić information content (AvgIpc) is 3.33. The molecule has 1 aliphatic rings. The molecular weight excluding hydrogens is 454 g/mol. The number of amides is 1. The summed E-state index contributed by atoms with van der Waals surface area (Å²) in [6, 6.07) is 4.75. The lowest BCUT2D eigenvalue weighted by atomic mass is 9.90. The first kappa shape index (κ1) is 23.7. The van der Waals surface area contributed by atoms with Crippen LogP contribution in [0.15, 0.2) is 42.9 Å². The van der Waals surface area contributed by atoms with Gasteiger partial charge in [0.1, 0.15) is 12.3 Å². The lowest BCUT2D eigenvalue weighted by molar-refractivity contribution is -0.137. The Bertz CT molecular complexity index is 1150. The van der Waals surface area contributed by atoms with E-state index in [1.165, 1.54) is 18.5 Å². The Balaban J connectivity index is 1.58. The van der Waals surface area contributed by atoms with Crippen molar-refractivity contribution in [3.05, 3.63) is 65.4 Å². The number of rotatable bonds is 5. The predicted molar refractivity (Wildman–Crippen MR) is 114 cm³/mol. The zero-order chi connectivity index (χ0) is 24.5. The number of benzene rings is 1. The first-order valence-electron chi connectivity index (χ1n) is 10.8. The van der Waals surface area contributed by atoms with Crippen molar-refractivity contribution < 1.29 is 27.1 Å². The summed E-state index contributed by atoms with van der Waals surface area (Å²) in [4.78, 5) is 20.0. The monoisotopic (exact) mass is 477 g/mol. The van der Waals surface area contributed by atoms with Gasteiger partial charge in [-0.1, -0.05) is 13.0 Å². The van der Waals surface area contributed by atoms with Gasteiger partial charge in [-0.15, -0.1) is 4.80 Å². The fourth-order valence-corrected chi connectivity index (χ4v) is 4.08. The van der Waals surface area contributed by atoms with Gasteiger partial charge >= 0.3 is 6.18 Å². The zero-order valence-electron chi connectivity index (χ0n) is 18.6. The lowest BCUT2D eigenvalue weighted by Crippen LogP contribution is -2.51. The number of ether oxygens (including phenoxy) is 1. The Morgan fingerprint density at radius 2 is 1.91 bits per heavy atom. The summed E-state index contributed by atoms with van der Waals surface area (Å²) < 4.78 is 59.0. The second-order valence-corrected chi connectivity index (χ2v) is 8.29. The van der Waals surface area contributed by atoms with Crippen molar-refractivity contribution in [2.45, 2.75) is 38.9 Å². The maximum atomic E-state index is 15.0. The van der Waals surface area contributed by atoms with Gasteiger partial charge in [0.25, 0.3) is 5.91 Å². The summed E-state index contributed by atoms with van der Waals surface area (Å²) in [5.74, 6) is -0.907. The van der Waals surface area contributed by atoms with Crippen LogP contribution in [-0.2, 0) is 6.18 Å². The highest BCUT2D eigenvalue weighted by Gasteiger charge is 2.35. The summed E-state index contributed by atoms with van der Waals surface area (Å²) in [7, 11) is 0. The number of carbonyl (C=O) groups is 1. The highest BCUT2D eigenvalue weighted by atomic mass is 19.4. The molecule has 1 aliphatic heterocycles. The number of likely N-dealkylation sites (tertiary alicyclic amines) is 1. The Morgan fingerprint density at radius 1 is 1.18 bits per heavy atom. The van der Waals surface area contributed by atoms with Crippen LogP contribution in [0.1, 0.15) is 41.3 Å². The fraction of sp³-hybridized carbons (Fsp3) is 0.391. The van der Waals surface area contributed by atoms with Crippen LogP contribution in [-0.4, -0.2) is 50.0 Å². The number of hydrogen-bond acceptors (Lipinski definition) is 5. The van der Waals surface area contributed by atoms with Crippen LogP contribution in [0.2, 0.25) is 0 Å². The molecular formula is C23H23F4N5O2. The number of carbonyl (C=O) groups excluding carboxylic acids is 1. The van der Waals surface area contributed by atoms with Crippen LogP contribution in [0.4, 0.5) is 17.6 Å². The molecule has 1 saturated heterocycles. The molecule has 34 heavy (non-hydrogen) atoms. The molecule has 0 radical (unpaired) electrons.